The van der Waals surface area contributed by atoms with Crippen LogP contribution in [0.1, 0.15) is 32.1 Å². The van der Waals surface area contributed by atoms with E-state index >= 15 is 0 Å². The molecule has 0 spiro atoms. The van der Waals surface area contributed by atoms with Gasteiger partial charge in [-0.25, -0.2) is 0 Å². The van der Waals surface area contributed by atoms with Gasteiger partial charge in [0.1, 0.15) is 0 Å². The molecule has 0 bridgehead atoms. The maximum atomic E-state index is 11.9. The molecule has 0 aromatic rings. The Kier molecular flexibility index (Phi) is 4.97. The SMILES string of the molecule is O=C(NCC1CCCCS1)C1CCNCC1. The third kappa shape index (κ3) is 3.67. The molecule has 2 rings (SSSR count). The van der Waals surface area contributed by atoms with Crippen molar-refractivity contribution < 1.29 is 4.79 Å². The molecule has 0 aromatic carbocycles. The number of nitrogens with one attached hydrogen (secondary N) is 2. The van der Waals surface area contributed by atoms with E-state index in [4.69, 9.17) is 0 Å². The van der Waals surface area contributed by atoms with Crippen LogP contribution in [0.15, 0.2) is 0 Å². The summed E-state index contributed by atoms with van der Waals surface area (Å²) in [6.45, 7) is 2.87. The number of hydrogen-bond acceptors (Lipinski definition) is 3. The van der Waals surface area contributed by atoms with E-state index in [1.54, 1.807) is 0 Å². The molecule has 2 heterocycles. The molecule has 2 saturated heterocycles. The van der Waals surface area contributed by atoms with Crippen molar-refractivity contribution in [2.45, 2.75) is 37.4 Å². The lowest BCUT2D eigenvalue weighted by Gasteiger charge is -2.25. The number of thioether (sulfide) groups is 1. The van der Waals surface area contributed by atoms with Crippen molar-refractivity contribution in [1.29, 1.82) is 0 Å². The van der Waals surface area contributed by atoms with Gasteiger partial charge in [-0.05, 0) is 44.5 Å². The molecule has 92 valence electrons. The number of hydrogen-bond donors (Lipinski definition) is 2. The predicted molar refractivity (Wildman–Crippen MR) is 68.7 cm³/mol. The zero-order valence-electron chi connectivity index (χ0n) is 9.84. The highest BCUT2D eigenvalue weighted by Gasteiger charge is 2.22. The van der Waals surface area contributed by atoms with Gasteiger partial charge in [-0.3, -0.25) is 4.79 Å². The summed E-state index contributed by atoms with van der Waals surface area (Å²) in [5, 5.41) is 7.09. The van der Waals surface area contributed by atoms with Crippen LogP contribution in [0.2, 0.25) is 0 Å². The van der Waals surface area contributed by atoms with Crippen molar-refractivity contribution in [2.75, 3.05) is 25.4 Å². The molecule has 2 fully saturated rings. The smallest absolute Gasteiger partial charge is 0.223 e. The summed E-state index contributed by atoms with van der Waals surface area (Å²) in [6.07, 6.45) is 5.97. The largest absolute Gasteiger partial charge is 0.355 e. The summed E-state index contributed by atoms with van der Waals surface area (Å²) in [7, 11) is 0. The van der Waals surface area contributed by atoms with Crippen LogP contribution in [0, 0.1) is 5.92 Å². The summed E-state index contributed by atoms with van der Waals surface area (Å²) in [6, 6.07) is 0. The van der Waals surface area contributed by atoms with E-state index < -0.39 is 0 Å². The molecule has 0 saturated carbocycles. The van der Waals surface area contributed by atoms with Crippen LogP contribution >= 0.6 is 11.8 Å². The van der Waals surface area contributed by atoms with Gasteiger partial charge in [0, 0.05) is 17.7 Å². The van der Waals surface area contributed by atoms with E-state index in [2.05, 4.69) is 10.6 Å². The van der Waals surface area contributed by atoms with Gasteiger partial charge in [0.05, 0.1) is 0 Å². The normalized spacial score (nSPS) is 27.6. The maximum Gasteiger partial charge on any atom is 0.223 e. The first-order valence-electron chi connectivity index (χ1n) is 6.46. The molecule has 2 aliphatic heterocycles. The highest BCUT2D eigenvalue weighted by Crippen LogP contribution is 2.24. The third-order valence-corrected chi connectivity index (χ3v) is 4.89. The highest BCUT2D eigenvalue weighted by atomic mass is 32.2. The van der Waals surface area contributed by atoms with Crippen molar-refractivity contribution in [3.63, 3.8) is 0 Å². The standard InChI is InChI=1S/C12H22N2OS/c15-12(10-4-6-13-7-5-10)14-9-11-3-1-2-8-16-11/h10-11,13H,1-9H2,(H,14,15). The van der Waals surface area contributed by atoms with Gasteiger partial charge in [-0.1, -0.05) is 6.42 Å². The van der Waals surface area contributed by atoms with Crippen LogP contribution in [0.4, 0.5) is 0 Å². The fourth-order valence-corrected chi connectivity index (χ4v) is 3.65. The van der Waals surface area contributed by atoms with Crippen LogP contribution in [0.3, 0.4) is 0 Å². The Hall–Kier alpha value is -0.220. The summed E-state index contributed by atoms with van der Waals surface area (Å²) in [5.74, 6) is 1.82. The number of piperidine rings is 1. The predicted octanol–water partition coefficient (Wildman–Crippen LogP) is 1.39. The van der Waals surface area contributed by atoms with Gasteiger partial charge in [0.25, 0.3) is 0 Å². The fraction of sp³-hybridized carbons (Fsp3) is 0.917. The Balaban J connectivity index is 1.65. The minimum absolute atomic E-state index is 0.259. The van der Waals surface area contributed by atoms with Crippen LogP contribution in [0.5, 0.6) is 0 Å². The van der Waals surface area contributed by atoms with Crippen LogP contribution < -0.4 is 10.6 Å². The average Bonchev–Trinajstić information content (AvgIpc) is 2.38. The monoisotopic (exact) mass is 242 g/mol. The molecule has 1 amide bonds. The lowest BCUT2D eigenvalue weighted by atomic mass is 9.97. The lowest BCUT2D eigenvalue weighted by Crippen LogP contribution is -2.40. The molecule has 2 aliphatic rings. The Labute approximate surface area is 102 Å². The van der Waals surface area contributed by atoms with E-state index in [0.717, 1.165) is 32.5 Å². The van der Waals surface area contributed by atoms with Gasteiger partial charge in [0.2, 0.25) is 5.91 Å². The molecule has 16 heavy (non-hydrogen) atoms. The van der Waals surface area contributed by atoms with E-state index in [-0.39, 0.29) is 11.8 Å². The van der Waals surface area contributed by atoms with Crippen molar-refractivity contribution in [1.82, 2.24) is 10.6 Å². The van der Waals surface area contributed by atoms with E-state index in [1.165, 1.54) is 25.0 Å². The van der Waals surface area contributed by atoms with Crippen molar-refractivity contribution in [3.8, 4) is 0 Å². The van der Waals surface area contributed by atoms with Crippen molar-refractivity contribution >= 4 is 17.7 Å². The number of rotatable bonds is 3. The number of carbonyl (C=O) groups excluding carboxylic acids is 1. The van der Waals surface area contributed by atoms with Crippen LogP contribution in [-0.2, 0) is 4.79 Å². The average molecular weight is 242 g/mol. The first-order valence-corrected chi connectivity index (χ1v) is 7.51. The summed E-state index contributed by atoms with van der Waals surface area (Å²) in [4.78, 5) is 11.9. The van der Waals surface area contributed by atoms with Gasteiger partial charge in [-0.15, -0.1) is 0 Å². The minimum Gasteiger partial charge on any atom is -0.355 e. The molecule has 1 unspecified atom stereocenters. The molecule has 0 radical (unpaired) electrons. The maximum absolute atomic E-state index is 11.9. The van der Waals surface area contributed by atoms with Gasteiger partial charge in [0.15, 0.2) is 0 Å². The molecular formula is C12H22N2OS. The summed E-state index contributed by atoms with van der Waals surface area (Å²) in [5.41, 5.74) is 0. The van der Waals surface area contributed by atoms with E-state index in [0.29, 0.717) is 5.25 Å². The van der Waals surface area contributed by atoms with Gasteiger partial charge < -0.3 is 10.6 Å². The van der Waals surface area contributed by atoms with Gasteiger partial charge >= 0.3 is 0 Å². The zero-order valence-corrected chi connectivity index (χ0v) is 10.7. The van der Waals surface area contributed by atoms with E-state index in [9.17, 15) is 4.79 Å². The first kappa shape index (κ1) is 12.2. The topological polar surface area (TPSA) is 41.1 Å². The van der Waals surface area contributed by atoms with Crippen molar-refractivity contribution in [2.24, 2.45) is 5.92 Å². The Morgan fingerprint density at radius 1 is 1.25 bits per heavy atom. The Bertz CT molecular complexity index is 223. The first-order chi connectivity index (χ1) is 7.86. The van der Waals surface area contributed by atoms with Gasteiger partial charge in [-0.2, -0.15) is 11.8 Å². The van der Waals surface area contributed by atoms with Crippen molar-refractivity contribution in [3.05, 3.63) is 0 Å². The van der Waals surface area contributed by atoms with Crippen LogP contribution in [-0.4, -0.2) is 36.5 Å². The molecule has 1 atom stereocenters. The Morgan fingerprint density at radius 3 is 2.75 bits per heavy atom. The molecule has 0 aliphatic carbocycles. The second-order valence-corrected chi connectivity index (χ2v) is 6.17. The second kappa shape index (κ2) is 6.50. The summed E-state index contributed by atoms with van der Waals surface area (Å²) < 4.78 is 0. The Morgan fingerprint density at radius 2 is 2.06 bits per heavy atom. The molecule has 0 aromatic heterocycles. The number of carbonyl (C=O) groups is 1. The van der Waals surface area contributed by atoms with E-state index in [1.807, 2.05) is 11.8 Å². The molecule has 2 N–H and O–H groups in total. The third-order valence-electron chi connectivity index (χ3n) is 3.49. The lowest BCUT2D eigenvalue weighted by molar-refractivity contribution is -0.125. The second-order valence-electron chi connectivity index (χ2n) is 4.76. The fourth-order valence-electron chi connectivity index (χ4n) is 2.41. The molecule has 4 heteroatoms. The molecular weight excluding hydrogens is 220 g/mol. The highest BCUT2D eigenvalue weighted by molar-refractivity contribution is 7.99. The molecule has 3 nitrogen and oxygen atoms in total. The zero-order chi connectivity index (χ0) is 11.2. The minimum atomic E-state index is 0.259. The number of amides is 1. The quantitative estimate of drug-likeness (QED) is 0.786. The van der Waals surface area contributed by atoms with Crippen LogP contribution in [0.25, 0.3) is 0 Å². The summed E-state index contributed by atoms with van der Waals surface area (Å²) >= 11 is 2.02.